The van der Waals surface area contributed by atoms with Crippen LogP contribution in [0.15, 0.2) is 54.6 Å². The second kappa shape index (κ2) is 9.36. The van der Waals surface area contributed by atoms with Gasteiger partial charge in [-0.15, -0.1) is 0 Å². The lowest BCUT2D eigenvalue weighted by Crippen LogP contribution is -2.23. The molecule has 1 atom stereocenters. The Labute approximate surface area is 160 Å². The van der Waals surface area contributed by atoms with Gasteiger partial charge in [0.2, 0.25) is 0 Å². The third-order valence-corrected chi connectivity index (χ3v) is 5.34. The van der Waals surface area contributed by atoms with Crippen molar-refractivity contribution in [2.75, 3.05) is 0 Å². The predicted molar refractivity (Wildman–Crippen MR) is 104 cm³/mol. The van der Waals surface area contributed by atoms with E-state index in [1.54, 1.807) is 12.1 Å². The molecule has 1 N–H and O–H groups in total. The molecule has 0 aliphatic heterocycles. The number of ether oxygens (including phenoxy) is 1. The lowest BCUT2D eigenvalue weighted by Gasteiger charge is -2.22. The zero-order valence-electron chi connectivity index (χ0n) is 15.5. The molecule has 0 saturated heterocycles. The van der Waals surface area contributed by atoms with E-state index in [9.17, 15) is 9.59 Å². The Kier molecular flexibility index (Phi) is 6.64. The summed E-state index contributed by atoms with van der Waals surface area (Å²) in [6.45, 7) is 0.448. The number of hydrogen-bond donors (Lipinski definition) is 1. The molecule has 3 rings (SSSR count). The molecule has 1 aliphatic rings. The normalized spacial score (nSPS) is 15.4. The average Bonchev–Trinajstić information content (AvgIpc) is 3.22. The molecular formula is C23H26O4. The van der Waals surface area contributed by atoms with Crippen molar-refractivity contribution < 1.29 is 19.4 Å². The first kappa shape index (κ1) is 19.2. The molecule has 0 bridgehead atoms. The molecule has 0 spiro atoms. The Morgan fingerprint density at radius 3 is 2.48 bits per heavy atom. The Morgan fingerprint density at radius 1 is 1.04 bits per heavy atom. The molecule has 2 aromatic rings. The fraction of sp³-hybridized carbons (Fsp3) is 0.391. The summed E-state index contributed by atoms with van der Waals surface area (Å²) in [5.74, 6) is -0.0501. The van der Waals surface area contributed by atoms with Crippen LogP contribution in [0.3, 0.4) is 0 Å². The van der Waals surface area contributed by atoms with Crippen molar-refractivity contribution in [2.45, 2.75) is 45.1 Å². The van der Waals surface area contributed by atoms with Gasteiger partial charge in [-0.3, -0.25) is 9.59 Å². The molecule has 0 heterocycles. The maximum Gasteiger partial charge on any atom is 0.303 e. The van der Waals surface area contributed by atoms with Gasteiger partial charge in [-0.2, -0.15) is 0 Å². The van der Waals surface area contributed by atoms with E-state index in [2.05, 4.69) is 0 Å². The standard InChI is InChI=1S/C23H26O4/c24-22(25)14-13-21(18-9-4-5-10-18)23(26)19-11-6-12-20(15-19)27-16-17-7-2-1-3-8-17/h1-3,6-8,11-12,15,18,21H,4-5,9-10,13-14,16H2,(H,24,25). The second-order valence-corrected chi connectivity index (χ2v) is 7.25. The van der Waals surface area contributed by atoms with Crippen LogP contribution in [0.1, 0.15) is 54.4 Å². The Bertz CT molecular complexity index is 763. The van der Waals surface area contributed by atoms with Gasteiger partial charge in [0.1, 0.15) is 12.4 Å². The number of carbonyl (C=O) groups is 2. The van der Waals surface area contributed by atoms with E-state index in [1.165, 1.54) is 0 Å². The van der Waals surface area contributed by atoms with E-state index in [4.69, 9.17) is 9.84 Å². The van der Waals surface area contributed by atoms with Gasteiger partial charge in [-0.05, 0) is 42.9 Å². The molecule has 1 fully saturated rings. The van der Waals surface area contributed by atoms with Crippen LogP contribution < -0.4 is 4.74 Å². The maximum atomic E-state index is 13.1. The first-order valence-electron chi connectivity index (χ1n) is 9.66. The number of carboxylic acid groups (broad SMARTS) is 1. The van der Waals surface area contributed by atoms with Gasteiger partial charge >= 0.3 is 5.97 Å². The highest BCUT2D eigenvalue weighted by molar-refractivity contribution is 5.98. The van der Waals surface area contributed by atoms with Gasteiger partial charge in [0.05, 0.1) is 0 Å². The Morgan fingerprint density at radius 2 is 1.78 bits per heavy atom. The summed E-state index contributed by atoms with van der Waals surface area (Å²) < 4.78 is 5.84. The molecular weight excluding hydrogens is 340 g/mol. The van der Waals surface area contributed by atoms with E-state index < -0.39 is 5.97 Å². The van der Waals surface area contributed by atoms with E-state index >= 15 is 0 Å². The van der Waals surface area contributed by atoms with E-state index in [0.717, 1.165) is 31.2 Å². The van der Waals surface area contributed by atoms with Gasteiger partial charge in [-0.1, -0.05) is 55.3 Å². The number of carboxylic acids is 1. The first-order valence-corrected chi connectivity index (χ1v) is 9.66. The molecule has 0 amide bonds. The number of ketones is 1. The Balaban J connectivity index is 1.70. The molecule has 1 aliphatic carbocycles. The highest BCUT2D eigenvalue weighted by atomic mass is 16.5. The highest BCUT2D eigenvalue weighted by Gasteiger charge is 2.31. The Hall–Kier alpha value is -2.62. The predicted octanol–water partition coefficient (Wildman–Crippen LogP) is 5.12. The highest BCUT2D eigenvalue weighted by Crippen LogP contribution is 2.36. The van der Waals surface area contributed by atoms with E-state index in [-0.39, 0.29) is 18.1 Å². The minimum absolute atomic E-state index is 0.0388. The summed E-state index contributed by atoms with van der Waals surface area (Å²) in [6.07, 6.45) is 4.73. The molecule has 0 aromatic heterocycles. The minimum atomic E-state index is -0.842. The van der Waals surface area contributed by atoms with Crippen molar-refractivity contribution in [3.63, 3.8) is 0 Å². The molecule has 0 radical (unpaired) electrons. The number of benzene rings is 2. The van der Waals surface area contributed by atoms with Crippen LogP contribution >= 0.6 is 0 Å². The van der Waals surface area contributed by atoms with E-state index in [1.807, 2.05) is 42.5 Å². The molecule has 2 aromatic carbocycles. The van der Waals surface area contributed by atoms with Gasteiger partial charge in [0, 0.05) is 17.9 Å². The average molecular weight is 366 g/mol. The maximum absolute atomic E-state index is 13.1. The monoisotopic (exact) mass is 366 g/mol. The van der Waals surface area contributed by atoms with Crippen LogP contribution in [-0.2, 0) is 11.4 Å². The third kappa shape index (κ3) is 5.43. The van der Waals surface area contributed by atoms with Gasteiger partial charge in [-0.25, -0.2) is 0 Å². The van der Waals surface area contributed by atoms with Crippen LogP contribution in [0.5, 0.6) is 5.75 Å². The molecule has 27 heavy (non-hydrogen) atoms. The number of aliphatic carboxylic acids is 1. The lowest BCUT2D eigenvalue weighted by atomic mass is 9.81. The fourth-order valence-corrected chi connectivity index (χ4v) is 3.91. The van der Waals surface area contributed by atoms with E-state index in [0.29, 0.717) is 30.3 Å². The fourth-order valence-electron chi connectivity index (χ4n) is 3.91. The number of Topliss-reactive ketones (excluding diaryl/α,β-unsaturated/α-hetero) is 1. The summed E-state index contributed by atoms with van der Waals surface area (Å²) in [5, 5.41) is 9.05. The van der Waals surface area contributed by atoms with Crippen LogP contribution in [0.25, 0.3) is 0 Å². The second-order valence-electron chi connectivity index (χ2n) is 7.25. The number of rotatable bonds is 9. The van der Waals surface area contributed by atoms with Gasteiger partial charge < -0.3 is 9.84 Å². The van der Waals surface area contributed by atoms with Crippen molar-refractivity contribution in [3.05, 3.63) is 65.7 Å². The zero-order valence-corrected chi connectivity index (χ0v) is 15.5. The summed E-state index contributed by atoms with van der Waals surface area (Å²) in [5.41, 5.74) is 1.68. The molecule has 1 unspecified atom stereocenters. The molecule has 1 saturated carbocycles. The topological polar surface area (TPSA) is 63.6 Å². The van der Waals surface area contributed by atoms with Crippen LogP contribution in [0, 0.1) is 11.8 Å². The van der Waals surface area contributed by atoms with Crippen LogP contribution in [0.2, 0.25) is 0 Å². The first-order chi connectivity index (χ1) is 13.1. The summed E-state index contributed by atoms with van der Waals surface area (Å²) in [7, 11) is 0. The molecule has 142 valence electrons. The van der Waals surface area contributed by atoms with Crippen molar-refractivity contribution in [1.82, 2.24) is 0 Å². The van der Waals surface area contributed by atoms with Crippen molar-refractivity contribution in [2.24, 2.45) is 11.8 Å². The van der Waals surface area contributed by atoms with Crippen molar-refractivity contribution in [1.29, 1.82) is 0 Å². The van der Waals surface area contributed by atoms with Gasteiger partial charge in [0.15, 0.2) is 5.78 Å². The number of hydrogen-bond acceptors (Lipinski definition) is 3. The zero-order chi connectivity index (χ0) is 19.1. The lowest BCUT2D eigenvalue weighted by molar-refractivity contribution is -0.137. The summed E-state index contributed by atoms with van der Waals surface area (Å²) in [4.78, 5) is 24.1. The summed E-state index contributed by atoms with van der Waals surface area (Å²) in [6, 6.07) is 17.2. The quantitative estimate of drug-likeness (QED) is 0.626. The summed E-state index contributed by atoms with van der Waals surface area (Å²) >= 11 is 0. The number of carbonyl (C=O) groups excluding carboxylic acids is 1. The molecule has 4 heteroatoms. The SMILES string of the molecule is O=C(O)CCC(C(=O)c1cccc(OCc2ccccc2)c1)C1CCCC1. The van der Waals surface area contributed by atoms with Gasteiger partial charge in [0.25, 0.3) is 0 Å². The minimum Gasteiger partial charge on any atom is -0.489 e. The van der Waals surface area contributed by atoms with Crippen molar-refractivity contribution in [3.8, 4) is 5.75 Å². The third-order valence-electron chi connectivity index (χ3n) is 5.34. The van der Waals surface area contributed by atoms with Crippen LogP contribution in [-0.4, -0.2) is 16.9 Å². The largest absolute Gasteiger partial charge is 0.489 e. The van der Waals surface area contributed by atoms with Crippen LogP contribution in [0.4, 0.5) is 0 Å². The molecule has 4 nitrogen and oxygen atoms in total. The smallest absolute Gasteiger partial charge is 0.303 e. The van der Waals surface area contributed by atoms with Crippen molar-refractivity contribution >= 4 is 11.8 Å².